The molecule has 1 aliphatic heterocycles. The summed E-state index contributed by atoms with van der Waals surface area (Å²) in [7, 11) is -3.06. The largest absolute Gasteiger partial charge is 0.334 e. The molecule has 3 aromatic carbocycles. The number of carbonyl (C=O) groups excluding carboxylic acids is 1. The molecule has 1 saturated heterocycles. The maximum atomic E-state index is 13.1. The van der Waals surface area contributed by atoms with E-state index < -0.39 is 9.84 Å². The molecule has 150 valence electrons. The Balaban J connectivity index is 1.49. The van der Waals surface area contributed by atoms with Crippen LogP contribution in [0.3, 0.4) is 0 Å². The Bertz CT molecular complexity index is 1110. The first-order chi connectivity index (χ1) is 14.0. The van der Waals surface area contributed by atoms with Gasteiger partial charge in [0.25, 0.3) is 0 Å². The van der Waals surface area contributed by atoms with Gasteiger partial charge >= 0.3 is 0 Å². The minimum atomic E-state index is -3.06. The number of benzene rings is 3. The highest BCUT2D eigenvalue weighted by Gasteiger charge is 2.34. The zero-order valence-corrected chi connectivity index (χ0v) is 17.7. The molecule has 1 atom stereocenters. The van der Waals surface area contributed by atoms with E-state index in [4.69, 9.17) is 0 Å². The van der Waals surface area contributed by atoms with Crippen molar-refractivity contribution >= 4 is 38.3 Å². The Kier molecular flexibility index (Phi) is 5.92. The van der Waals surface area contributed by atoms with Gasteiger partial charge in [0.05, 0.1) is 17.3 Å². The number of hydrogen-bond acceptors (Lipinski definition) is 4. The molecule has 4 nitrogen and oxygen atoms in total. The van der Waals surface area contributed by atoms with Crippen LogP contribution in [0.5, 0.6) is 0 Å². The Labute approximate surface area is 175 Å². The molecule has 0 radical (unpaired) electrons. The van der Waals surface area contributed by atoms with Crippen LogP contribution in [0.1, 0.15) is 12.0 Å². The van der Waals surface area contributed by atoms with Crippen LogP contribution < -0.4 is 0 Å². The number of nitrogens with zero attached hydrogens (tertiary/aromatic N) is 1. The third kappa shape index (κ3) is 5.00. The summed E-state index contributed by atoms with van der Waals surface area (Å²) in [5, 5.41) is 2.32. The number of fused-ring (bicyclic) bond motifs is 1. The minimum absolute atomic E-state index is 0.0193. The van der Waals surface area contributed by atoms with Gasteiger partial charge in [-0.2, -0.15) is 0 Å². The molecule has 1 heterocycles. The lowest BCUT2D eigenvalue weighted by molar-refractivity contribution is -0.130. The highest BCUT2D eigenvalue weighted by molar-refractivity contribution is 8.00. The Hall–Kier alpha value is -2.31. The van der Waals surface area contributed by atoms with E-state index in [9.17, 15) is 13.2 Å². The molecule has 0 N–H and O–H groups in total. The van der Waals surface area contributed by atoms with Gasteiger partial charge < -0.3 is 4.90 Å². The summed E-state index contributed by atoms with van der Waals surface area (Å²) in [6.45, 7) is 0.443. The normalized spacial score (nSPS) is 18.0. The van der Waals surface area contributed by atoms with Crippen LogP contribution in [-0.2, 0) is 21.2 Å². The number of rotatable bonds is 6. The molecule has 0 saturated carbocycles. The van der Waals surface area contributed by atoms with Crippen LogP contribution in [0.4, 0.5) is 0 Å². The lowest BCUT2D eigenvalue weighted by Crippen LogP contribution is -2.41. The van der Waals surface area contributed by atoms with Gasteiger partial charge in [-0.15, -0.1) is 11.8 Å². The van der Waals surface area contributed by atoms with Crippen molar-refractivity contribution in [3.8, 4) is 0 Å². The van der Waals surface area contributed by atoms with Gasteiger partial charge in [0.1, 0.15) is 0 Å². The Morgan fingerprint density at radius 2 is 1.69 bits per heavy atom. The smallest absolute Gasteiger partial charge is 0.233 e. The van der Waals surface area contributed by atoms with Gasteiger partial charge in [0, 0.05) is 17.5 Å². The van der Waals surface area contributed by atoms with Crippen molar-refractivity contribution in [2.24, 2.45) is 0 Å². The molecule has 3 aromatic rings. The van der Waals surface area contributed by atoms with Gasteiger partial charge in [0.2, 0.25) is 5.91 Å². The van der Waals surface area contributed by atoms with Gasteiger partial charge in [-0.1, -0.05) is 60.7 Å². The maximum absolute atomic E-state index is 13.1. The van der Waals surface area contributed by atoms with Gasteiger partial charge in [-0.25, -0.2) is 8.42 Å². The predicted octanol–water partition coefficient (Wildman–Crippen LogP) is 4.15. The molecule has 1 aliphatic rings. The summed E-state index contributed by atoms with van der Waals surface area (Å²) in [4.78, 5) is 15.9. The van der Waals surface area contributed by atoms with Crippen molar-refractivity contribution in [1.82, 2.24) is 4.90 Å². The molecule has 0 aliphatic carbocycles. The molecule has 6 heteroatoms. The number of carbonyl (C=O) groups is 1. The second-order valence-electron chi connectivity index (χ2n) is 7.36. The van der Waals surface area contributed by atoms with Crippen molar-refractivity contribution in [1.29, 1.82) is 0 Å². The summed E-state index contributed by atoms with van der Waals surface area (Å²) in [5.74, 6) is 0.497. The maximum Gasteiger partial charge on any atom is 0.233 e. The molecule has 1 amide bonds. The monoisotopic (exact) mass is 425 g/mol. The zero-order valence-electron chi connectivity index (χ0n) is 16.0. The van der Waals surface area contributed by atoms with E-state index in [1.54, 1.807) is 4.90 Å². The number of thioether (sulfide) groups is 1. The fourth-order valence-corrected chi connectivity index (χ4v) is 6.27. The molecule has 1 fully saturated rings. The zero-order chi connectivity index (χ0) is 20.3. The lowest BCUT2D eigenvalue weighted by Gasteiger charge is -2.28. The van der Waals surface area contributed by atoms with Crippen LogP contribution in [0.15, 0.2) is 77.7 Å². The van der Waals surface area contributed by atoms with Crippen molar-refractivity contribution in [2.75, 3.05) is 17.3 Å². The predicted molar refractivity (Wildman–Crippen MR) is 119 cm³/mol. The third-order valence-corrected chi connectivity index (χ3v) is 7.98. The summed E-state index contributed by atoms with van der Waals surface area (Å²) in [5.41, 5.74) is 1.01. The lowest BCUT2D eigenvalue weighted by atomic mass is 10.1. The van der Waals surface area contributed by atoms with E-state index in [-0.39, 0.29) is 23.5 Å². The first-order valence-corrected chi connectivity index (χ1v) is 12.5. The standard InChI is InChI=1S/C23H23NO3S2/c25-23(16-28-22-11-10-19-8-4-5-9-20(19)14-22)24(15-18-6-2-1-3-7-18)21-12-13-29(26,27)17-21/h1-11,14,21H,12-13,15-17H2/t21-/m0/s1. The average Bonchev–Trinajstić information content (AvgIpc) is 3.10. The number of sulfone groups is 1. The number of amides is 1. The first kappa shape index (κ1) is 20.0. The third-order valence-electron chi connectivity index (χ3n) is 5.25. The highest BCUT2D eigenvalue weighted by Crippen LogP contribution is 2.26. The average molecular weight is 426 g/mol. The van der Waals surface area contributed by atoms with E-state index in [0.717, 1.165) is 15.8 Å². The van der Waals surface area contributed by atoms with Crippen molar-refractivity contribution in [3.63, 3.8) is 0 Å². The van der Waals surface area contributed by atoms with E-state index >= 15 is 0 Å². The van der Waals surface area contributed by atoms with Crippen LogP contribution in [0.2, 0.25) is 0 Å². The quantitative estimate of drug-likeness (QED) is 0.557. The Morgan fingerprint density at radius 1 is 0.966 bits per heavy atom. The van der Waals surface area contributed by atoms with E-state index in [1.165, 1.54) is 17.1 Å². The Morgan fingerprint density at radius 3 is 2.41 bits per heavy atom. The molecule has 0 bridgehead atoms. The second kappa shape index (κ2) is 8.59. The molecular weight excluding hydrogens is 402 g/mol. The fourth-order valence-electron chi connectivity index (χ4n) is 3.71. The van der Waals surface area contributed by atoms with Gasteiger partial charge in [-0.05, 0) is 34.9 Å². The van der Waals surface area contributed by atoms with E-state index in [1.807, 2.05) is 48.5 Å². The fraction of sp³-hybridized carbons (Fsp3) is 0.261. The molecule has 4 rings (SSSR count). The summed E-state index contributed by atoms with van der Waals surface area (Å²) < 4.78 is 24.0. The van der Waals surface area contributed by atoms with E-state index in [0.29, 0.717) is 18.7 Å². The summed E-state index contributed by atoms with van der Waals surface area (Å²) >= 11 is 1.50. The minimum Gasteiger partial charge on any atom is -0.334 e. The van der Waals surface area contributed by atoms with Gasteiger partial charge in [0.15, 0.2) is 9.84 Å². The first-order valence-electron chi connectivity index (χ1n) is 9.66. The molecule has 0 unspecified atom stereocenters. The van der Waals surface area contributed by atoms with E-state index in [2.05, 4.69) is 24.3 Å². The molecular formula is C23H23NO3S2. The van der Waals surface area contributed by atoms with Crippen molar-refractivity contribution in [2.45, 2.75) is 23.9 Å². The second-order valence-corrected chi connectivity index (χ2v) is 10.6. The highest BCUT2D eigenvalue weighted by atomic mass is 32.2. The van der Waals surface area contributed by atoms with Gasteiger partial charge in [-0.3, -0.25) is 4.79 Å². The van der Waals surface area contributed by atoms with Crippen LogP contribution in [0, 0.1) is 0 Å². The topological polar surface area (TPSA) is 54.5 Å². The van der Waals surface area contributed by atoms with Crippen LogP contribution in [0.25, 0.3) is 10.8 Å². The SMILES string of the molecule is O=C(CSc1ccc2ccccc2c1)N(Cc1ccccc1)[C@H]1CCS(=O)(=O)C1. The summed E-state index contributed by atoms with van der Waals surface area (Å²) in [6.07, 6.45) is 0.515. The van der Waals surface area contributed by atoms with Crippen molar-refractivity contribution < 1.29 is 13.2 Å². The molecule has 29 heavy (non-hydrogen) atoms. The number of hydrogen-bond donors (Lipinski definition) is 0. The van der Waals surface area contributed by atoms with Crippen LogP contribution >= 0.6 is 11.8 Å². The van der Waals surface area contributed by atoms with Crippen LogP contribution in [-0.4, -0.2) is 42.5 Å². The molecule has 0 aromatic heterocycles. The van der Waals surface area contributed by atoms with Crippen molar-refractivity contribution in [3.05, 3.63) is 78.4 Å². The molecule has 0 spiro atoms. The summed E-state index contributed by atoms with van der Waals surface area (Å²) in [6, 6.07) is 23.8.